The molecule has 0 spiro atoms. The van der Waals surface area contributed by atoms with Crippen LogP contribution >= 0.6 is 11.3 Å². The average Bonchev–Trinajstić information content (AvgIpc) is 2.53. The van der Waals surface area contributed by atoms with Crippen molar-refractivity contribution in [1.29, 1.82) is 0 Å². The average molecular weight is 198 g/mol. The number of thiazole rings is 1. The van der Waals surface area contributed by atoms with Crippen molar-refractivity contribution in [2.45, 2.75) is 6.92 Å². The lowest BCUT2D eigenvalue weighted by Crippen LogP contribution is -2.47. The molecule has 3 nitrogen and oxygen atoms in total. The summed E-state index contributed by atoms with van der Waals surface area (Å²) in [5.74, 6) is 0. The van der Waals surface area contributed by atoms with Crippen molar-refractivity contribution in [2.24, 2.45) is 5.41 Å². The van der Waals surface area contributed by atoms with Gasteiger partial charge in [0.25, 0.3) is 0 Å². The third-order valence-corrected chi connectivity index (χ3v) is 3.15. The van der Waals surface area contributed by atoms with Crippen LogP contribution in [0.15, 0.2) is 11.6 Å². The van der Waals surface area contributed by atoms with Crippen LogP contribution in [0.4, 0.5) is 5.13 Å². The Balaban J connectivity index is 1.95. The van der Waals surface area contributed by atoms with Gasteiger partial charge in [0.1, 0.15) is 0 Å². The molecule has 1 aliphatic rings. The Morgan fingerprint density at radius 2 is 2.46 bits per heavy atom. The van der Waals surface area contributed by atoms with E-state index in [1.165, 1.54) is 0 Å². The van der Waals surface area contributed by atoms with Gasteiger partial charge in [-0.15, -0.1) is 11.3 Å². The summed E-state index contributed by atoms with van der Waals surface area (Å²) in [5, 5.41) is 3.10. The van der Waals surface area contributed by atoms with Crippen molar-refractivity contribution in [3.63, 3.8) is 0 Å². The van der Waals surface area contributed by atoms with Gasteiger partial charge in [-0.3, -0.25) is 0 Å². The first-order valence-corrected chi connectivity index (χ1v) is 5.26. The minimum absolute atomic E-state index is 0.334. The monoisotopic (exact) mass is 198 g/mol. The van der Waals surface area contributed by atoms with Crippen LogP contribution in [0.5, 0.6) is 0 Å². The standard InChI is InChI=1S/C9H14N2OS/c1-9(6-12-7-9)5-11(2)8-10-3-4-13-8/h3-4H,5-7H2,1-2H3. The quantitative estimate of drug-likeness (QED) is 0.738. The molecule has 2 rings (SSSR count). The molecule has 0 N–H and O–H groups in total. The van der Waals surface area contributed by atoms with E-state index < -0.39 is 0 Å². The predicted molar refractivity (Wildman–Crippen MR) is 54.3 cm³/mol. The zero-order chi connectivity index (χ0) is 9.31. The Morgan fingerprint density at radius 3 is 2.92 bits per heavy atom. The van der Waals surface area contributed by atoms with E-state index in [9.17, 15) is 0 Å². The summed E-state index contributed by atoms with van der Waals surface area (Å²) >= 11 is 1.68. The van der Waals surface area contributed by atoms with Crippen molar-refractivity contribution < 1.29 is 4.74 Å². The summed E-state index contributed by atoms with van der Waals surface area (Å²) in [7, 11) is 2.09. The largest absolute Gasteiger partial charge is 0.380 e. The highest BCUT2D eigenvalue weighted by atomic mass is 32.1. The fourth-order valence-corrected chi connectivity index (χ4v) is 2.20. The molecule has 1 fully saturated rings. The second-order valence-corrected chi connectivity index (χ2v) is 4.85. The van der Waals surface area contributed by atoms with Crippen LogP contribution in [-0.4, -0.2) is 31.8 Å². The highest BCUT2D eigenvalue weighted by Gasteiger charge is 2.34. The van der Waals surface area contributed by atoms with Gasteiger partial charge in [0.2, 0.25) is 0 Å². The van der Waals surface area contributed by atoms with Crippen molar-refractivity contribution in [1.82, 2.24) is 4.98 Å². The fraction of sp³-hybridized carbons (Fsp3) is 0.667. The minimum atomic E-state index is 0.334. The maximum atomic E-state index is 5.21. The molecule has 0 radical (unpaired) electrons. The van der Waals surface area contributed by atoms with E-state index in [0.29, 0.717) is 5.41 Å². The molecule has 0 amide bonds. The van der Waals surface area contributed by atoms with Crippen LogP contribution in [-0.2, 0) is 4.74 Å². The molecule has 1 saturated heterocycles. The summed E-state index contributed by atoms with van der Waals surface area (Å²) in [6.07, 6.45) is 1.84. The molecule has 0 unspecified atom stereocenters. The number of nitrogens with zero attached hydrogens (tertiary/aromatic N) is 2. The first-order chi connectivity index (χ1) is 6.20. The number of aromatic nitrogens is 1. The van der Waals surface area contributed by atoms with Crippen molar-refractivity contribution in [3.05, 3.63) is 11.6 Å². The van der Waals surface area contributed by atoms with Crippen LogP contribution in [0.3, 0.4) is 0 Å². The minimum Gasteiger partial charge on any atom is -0.380 e. The molecule has 0 aliphatic carbocycles. The molecule has 13 heavy (non-hydrogen) atoms. The topological polar surface area (TPSA) is 25.4 Å². The van der Waals surface area contributed by atoms with E-state index in [4.69, 9.17) is 4.74 Å². The summed E-state index contributed by atoms with van der Waals surface area (Å²) in [6.45, 7) is 5.03. The van der Waals surface area contributed by atoms with Gasteiger partial charge in [0.05, 0.1) is 13.2 Å². The summed E-state index contributed by atoms with van der Waals surface area (Å²) in [5.41, 5.74) is 0.334. The van der Waals surface area contributed by atoms with Crippen LogP contribution in [0, 0.1) is 5.41 Å². The Kier molecular flexibility index (Phi) is 2.26. The Morgan fingerprint density at radius 1 is 1.69 bits per heavy atom. The SMILES string of the molecule is CN(CC1(C)COC1)c1nccs1. The smallest absolute Gasteiger partial charge is 0.184 e. The molecule has 1 aromatic heterocycles. The molecule has 2 heterocycles. The zero-order valence-corrected chi connectivity index (χ0v) is 8.80. The number of ether oxygens (including phenoxy) is 1. The van der Waals surface area contributed by atoms with Crippen LogP contribution in [0.1, 0.15) is 6.92 Å². The van der Waals surface area contributed by atoms with E-state index in [1.807, 2.05) is 11.6 Å². The van der Waals surface area contributed by atoms with E-state index in [1.54, 1.807) is 11.3 Å². The lowest BCUT2D eigenvalue weighted by atomic mass is 9.88. The van der Waals surface area contributed by atoms with Crippen molar-refractivity contribution >= 4 is 16.5 Å². The fourth-order valence-electron chi connectivity index (χ4n) is 1.59. The lowest BCUT2D eigenvalue weighted by Gasteiger charge is -2.40. The summed E-state index contributed by atoms with van der Waals surface area (Å²) < 4.78 is 5.21. The first kappa shape index (κ1) is 8.97. The Hall–Kier alpha value is -0.610. The number of anilines is 1. The van der Waals surface area contributed by atoms with E-state index >= 15 is 0 Å². The maximum absolute atomic E-state index is 5.21. The number of hydrogen-bond donors (Lipinski definition) is 0. The van der Waals surface area contributed by atoms with Gasteiger partial charge in [-0.05, 0) is 0 Å². The molecule has 1 aromatic rings. The molecule has 72 valence electrons. The van der Waals surface area contributed by atoms with Crippen LogP contribution in [0.2, 0.25) is 0 Å². The first-order valence-electron chi connectivity index (χ1n) is 4.38. The molecule has 4 heteroatoms. The molecular formula is C9H14N2OS. The predicted octanol–water partition coefficient (Wildman–Crippen LogP) is 1.62. The van der Waals surface area contributed by atoms with Gasteiger partial charge in [-0.2, -0.15) is 0 Å². The van der Waals surface area contributed by atoms with Gasteiger partial charge < -0.3 is 9.64 Å². The molecular weight excluding hydrogens is 184 g/mol. The van der Waals surface area contributed by atoms with E-state index in [2.05, 4.69) is 23.9 Å². The summed E-state index contributed by atoms with van der Waals surface area (Å²) in [4.78, 5) is 6.46. The number of hydrogen-bond acceptors (Lipinski definition) is 4. The van der Waals surface area contributed by atoms with E-state index in [-0.39, 0.29) is 0 Å². The van der Waals surface area contributed by atoms with Crippen LogP contribution in [0.25, 0.3) is 0 Å². The highest BCUT2D eigenvalue weighted by molar-refractivity contribution is 7.13. The van der Waals surface area contributed by atoms with Gasteiger partial charge in [0.15, 0.2) is 5.13 Å². The highest BCUT2D eigenvalue weighted by Crippen LogP contribution is 2.29. The third-order valence-electron chi connectivity index (χ3n) is 2.27. The Bertz CT molecular complexity index is 269. The van der Waals surface area contributed by atoms with Crippen molar-refractivity contribution in [2.75, 3.05) is 31.7 Å². The van der Waals surface area contributed by atoms with Gasteiger partial charge in [-0.1, -0.05) is 6.92 Å². The van der Waals surface area contributed by atoms with Gasteiger partial charge in [-0.25, -0.2) is 4.98 Å². The van der Waals surface area contributed by atoms with Crippen LogP contribution < -0.4 is 4.90 Å². The third kappa shape index (κ3) is 1.84. The summed E-state index contributed by atoms with van der Waals surface area (Å²) in [6, 6.07) is 0. The molecule has 0 atom stereocenters. The Labute approximate surface area is 82.3 Å². The molecule has 0 aromatic carbocycles. The van der Waals surface area contributed by atoms with Crippen molar-refractivity contribution in [3.8, 4) is 0 Å². The molecule has 0 saturated carbocycles. The zero-order valence-electron chi connectivity index (χ0n) is 7.99. The molecule has 0 bridgehead atoms. The normalized spacial score (nSPS) is 19.5. The van der Waals surface area contributed by atoms with Gasteiger partial charge in [0, 0.05) is 30.6 Å². The van der Waals surface area contributed by atoms with E-state index in [0.717, 1.165) is 24.9 Å². The second-order valence-electron chi connectivity index (χ2n) is 3.97. The maximum Gasteiger partial charge on any atom is 0.184 e. The molecule has 1 aliphatic heterocycles. The lowest BCUT2D eigenvalue weighted by molar-refractivity contribution is -0.0951. The second kappa shape index (κ2) is 3.27. The van der Waals surface area contributed by atoms with Gasteiger partial charge >= 0.3 is 0 Å². The number of rotatable bonds is 3.